The Hall–Kier alpha value is -1.35. The molecule has 1 aliphatic rings. The molecule has 19 heavy (non-hydrogen) atoms. The summed E-state index contributed by atoms with van der Waals surface area (Å²) >= 11 is 0. The number of piperazine rings is 1. The van der Waals surface area contributed by atoms with Crippen LogP contribution in [0, 0.1) is 0 Å². The molecule has 104 valence electrons. The molecule has 0 unspecified atom stereocenters. The van der Waals surface area contributed by atoms with Crippen molar-refractivity contribution < 1.29 is 4.79 Å². The number of nitrogens with zero attached hydrogens (tertiary/aromatic N) is 2. The van der Waals surface area contributed by atoms with Crippen molar-refractivity contribution in [3.05, 3.63) is 35.4 Å². The lowest BCUT2D eigenvalue weighted by atomic mass is 9.97. The Morgan fingerprint density at radius 2 is 1.79 bits per heavy atom. The first-order valence-electron chi connectivity index (χ1n) is 7.13. The third-order valence-corrected chi connectivity index (χ3v) is 3.89. The highest BCUT2D eigenvalue weighted by Crippen LogP contribution is 2.21. The summed E-state index contributed by atoms with van der Waals surface area (Å²) < 4.78 is 0. The van der Waals surface area contributed by atoms with Crippen LogP contribution in [0.4, 0.5) is 0 Å². The Morgan fingerprint density at radius 3 is 2.37 bits per heavy atom. The van der Waals surface area contributed by atoms with Gasteiger partial charge >= 0.3 is 0 Å². The number of benzene rings is 1. The molecule has 0 saturated carbocycles. The molecule has 1 heterocycles. The summed E-state index contributed by atoms with van der Waals surface area (Å²) in [7, 11) is 0. The SMILES string of the molecule is CC(=O)N1CCN(Cc2ccccc2C(C)C)CC1. The molecule has 1 amide bonds. The van der Waals surface area contributed by atoms with Gasteiger partial charge in [-0.1, -0.05) is 38.1 Å². The molecule has 0 spiro atoms. The number of hydrogen-bond donors (Lipinski definition) is 0. The normalized spacial score (nSPS) is 16.9. The molecule has 0 N–H and O–H groups in total. The van der Waals surface area contributed by atoms with E-state index in [9.17, 15) is 4.79 Å². The van der Waals surface area contributed by atoms with Crippen molar-refractivity contribution in [2.24, 2.45) is 0 Å². The van der Waals surface area contributed by atoms with Crippen LogP contribution >= 0.6 is 0 Å². The fraction of sp³-hybridized carbons (Fsp3) is 0.562. The van der Waals surface area contributed by atoms with Crippen molar-refractivity contribution in [3.63, 3.8) is 0 Å². The van der Waals surface area contributed by atoms with Crippen LogP contribution in [-0.2, 0) is 11.3 Å². The molecule has 1 aliphatic heterocycles. The van der Waals surface area contributed by atoms with Gasteiger partial charge in [0, 0.05) is 39.6 Å². The second-order valence-electron chi connectivity index (χ2n) is 5.64. The molecular weight excluding hydrogens is 236 g/mol. The molecule has 0 radical (unpaired) electrons. The molecule has 1 fully saturated rings. The number of carbonyl (C=O) groups excluding carboxylic acids is 1. The van der Waals surface area contributed by atoms with Gasteiger partial charge in [0.05, 0.1) is 0 Å². The van der Waals surface area contributed by atoms with Crippen LogP contribution in [0.5, 0.6) is 0 Å². The molecule has 0 bridgehead atoms. The molecule has 0 aromatic heterocycles. The predicted octanol–water partition coefficient (Wildman–Crippen LogP) is 2.47. The monoisotopic (exact) mass is 260 g/mol. The van der Waals surface area contributed by atoms with Crippen molar-refractivity contribution in [3.8, 4) is 0 Å². The number of carbonyl (C=O) groups is 1. The van der Waals surface area contributed by atoms with E-state index in [-0.39, 0.29) is 5.91 Å². The van der Waals surface area contributed by atoms with Crippen LogP contribution in [0.1, 0.15) is 37.8 Å². The van der Waals surface area contributed by atoms with E-state index >= 15 is 0 Å². The second-order valence-corrected chi connectivity index (χ2v) is 5.64. The molecule has 2 rings (SSSR count). The fourth-order valence-electron chi connectivity index (χ4n) is 2.70. The van der Waals surface area contributed by atoms with Crippen LogP contribution in [-0.4, -0.2) is 41.9 Å². The Labute approximate surface area is 116 Å². The van der Waals surface area contributed by atoms with Crippen LogP contribution in [0.25, 0.3) is 0 Å². The van der Waals surface area contributed by atoms with Crippen molar-refractivity contribution >= 4 is 5.91 Å². The summed E-state index contributed by atoms with van der Waals surface area (Å²) in [6, 6.07) is 8.69. The molecular formula is C16H24N2O. The maximum Gasteiger partial charge on any atom is 0.219 e. The summed E-state index contributed by atoms with van der Waals surface area (Å²) in [6.07, 6.45) is 0. The van der Waals surface area contributed by atoms with Crippen LogP contribution in [0.2, 0.25) is 0 Å². The zero-order valence-corrected chi connectivity index (χ0v) is 12.2. The molecule has 0 aliphatic carbocycles. The molecule has 1 saturated heterocycles. The average molecular weight is 260 g/mol. The summed E-state index contributed by atoms with van der Waals surface area (Å²) in [5.41, 5.74) is 2.87. The van der Waals surface area contributed by atoms with Gasteiger partial charge in [0.15, 0.2) is 0 Å². The second kappa shape index (κ2) is 6.20. The fourth-order valence-corrected chi connectivity index (χ4v) is 2.70. The minimum atomic E-state index is 0.197. The smallest absolute Gasteiger partial charge is 0.219 e. The maximum atomic E-state index is 11.3. The zero-order valence-electron chi connectivity index (χ0n) is 12.2. The molecule has 3 nitrogen and oxygen atoms in total. The Bertz CT molecular complexity index is 434. The predicted molar refractivity (Wildman–Crippen MR) is 78.1 cm³/mol. The van der Waals surface area contributed by atoms with Gasteiger partial charge < -0.3 is 4.90 Å². The highest BCUT2D eigenvalue weighted by Gasteiger charge is 2.19. The lowest BCUT2D eigenvalue weighted by Crippen LogP contribution is -2.47. The van der Waals surface area contributed by atoms with Gasteiger partial charge in [-0.2, -0.15) is 0 Å². The third-order valence-electron chi connectivity index (χ3n) is 3.89. The summed E-state index contributed by atoms with van der Waals surface area (Å²) in [6.45, 7) is 10.8. The highest BCUT2D eigenvalue weighted by atomic mass is 16.2. The van der Waals surface area contributed by atoms with E-state index in [2.05, 4.69) is 43.0 Å². The molecule has 0 atom stereocenters. The topological polar surface area (TPSA) is 23.6 Å². The standard InChI is InChI=1S/C16H24N2O/c1-13(2)16-7-5-4-6-15(16)12-17-8-10-18(11-9-17)14(3)19/h4-7,13H,8-12H2,1-3H3. The zero-order chi connectivity index (χ0) is 13.8. The van der Waals surface area contributed by atoms with Gasteiger partial charge in [0.25, 0.3) is 0 Å². The van der Waals surface area contributed by atoms with E-state index in [1.165, 1.54) is 11.1 Å². The van der Waals surface area contributed by atoms with E-state index in [0.717, 1.165) is 32.7 Å². The van der Waals surface area contributed by atoms with E-state index < -0.39 is 0 Å². The number of hydrogen-bond acceptors (Lipinski definition) is 2. The molecule has 1 aromatic rings. The first-order chi connectivity index (χ1) is 9.08. The largest absolute Gasteiger partial charge is 0.340 e. The summed E-state index contributed by atoms with van der Waals surface area (Å²) in [4.78, 5) is 15.7. The molecule has 3 heteroatoms. The number of amides is 1. The summed E-state index contributed by atoms with van der Waals surface area (Å²) in [5, 5.41) is 0. The Kier molecular flexibility index (Phi) is 4.59. The van der Waals surface area contributed by atoms with Gasteiger partial charge in [-0.25, -0.2) is 0 Å². The Morgan fingerprint density at radius 1 is 1.16 bits per heavy atom. The third kappa shape index (κ3) is 3.57. The van der Waals surface area contributed by atoms with E-state index in [1.54, 1.807) is 6.92 Å². The lowest BCUT2D eigenvalue weighted by molar-refractivity contribution is -0.130. The first-order valence-corrected chi connectivity index (χ1v) is 7.13. The minimum absolute atomic E-state index is 0.197. The van der Waals surface area contributed by atoms with Gasteiger partial charge in [-0.05, 0) is 17.0 Å². The van der Waals surface area contributed by atoms with Gasteiger partial charge in [0.1, 0.15) is 0 Å². The van der Waals surface area contributed by atoms with Crippen LogP contribution < -0.4 is 0 Å². The minimum Gasteiger partial charge on any atom is -0.340 e. The van der Waals surface area contributed by atoms with Gasteiger partial charge in [-0.15, -0.1) is 0 Å². The summed E-state index contributed by atoms with van der Waals surface area (Å²) in [5.74, 6) is 0.761. The van der Waals surface area contributed by atoms with Gasteiger partial charge in [0.2, 0.25) is 5.91 Å². The lowest BCUT2D eigenvalue weighted by Gasteiger charge is -2.34. The van der Waals surface area contributed by atoms with Crippen molar-refractivity contribution in [2.75, 3.05) is 26.2 Å². The van der Waals surface area contributed by atoms with E-state index in [4.69, 9.17) is 0 Å². The maximum absolute atomic E-state index is 11.3. The first kappa shape index (κ1) is 14.1. The average Bonchev–Trinajstić information content (AvgIpc) is 2.39. The van der Waals surface area contributed by atoms with E-state index in [0.29, 0.717) is 5.92 Å². The quantitative estimate of drug-likeness (QED) is 0.833. The van der Waals surface area contributed by atoms with E-state index in [1.807, 2.05) is 4.90 Å². The van der Waals surface area contributed by atoms with Crippen molar-refractivity contribution in [2.45, 2.75) is 33.2 Å². The van der Waals surface area contributed by atoms with Crippen molar-refractivity contribution in [1.29, 1.82) is 0 Å². The number of rotatable bonds is 3. The molecule has 1 aromatic carbocycles. The highest BCUT2D eigenvalue weighted by molar-refractivity contribution is 5.73. The Balaban J connectivity index is 1.98. The van der Waals surface area contributed by atoms with Crippen LogP contribution in [0.3, 0.4) is 0 Å². The van der Waals surface area contributed by atoms with Crippen molar-refractivity contribution in [1.82, 2.24) is 9.80 Å². The van der Waals surface area contributed by atoms with Crippen LogP contribution in [0.15, 0.2) is 24.3 Å². The van der Waals surface area contributed by atoms with Gasteiger partial charge in [-0.3, -0.25) is 9.69 Å².